The fourth-order valence-electron chi connectivity index (χ4n) is 1.06. The average Bonchev–Trinajstić information content (AvgIpc) is 2.30. The van der Waals surface area contributed by atoms with Crippen LogP contribution in [0.3, 0.4) is 0 Å². The van der Waals surface area contributed by atoms with E-state index in [0.717, 1.165) is 5.56 Å². The number of methoxy groups -OCH3 is 1. The molecule has 0 saturated heterocycles. The van der Waals surface area contributed by atoms with Gasteiger partial charge in [-0.1, -0.05) is 41.9 Å². The van der Waals surface area contributed by atoms with Crippen molar-refractivity contribution in [3.63, 3.8) is 0 Å². The van der Waals surface area contributed by atoms with Crippen LogP contribution in [0, 0.1) is 0 Å². The molecule has 0 aliphatic rings. The van der Waals surface area contributed by atoms with E-state index in [2.05, 4.69) is 9.73 Å². The van der Waals surface area contributed by atoms with Crippen LogP contribution in [0.5, 0.6) is 0 Å². The van der Waals surface area contributed by atoms with E-state index >= 15 is 0 Å². The molecule has 3 nitrogen and oxygen atoms in total. The Kier molecular flexibility index (Phi) is 4.73. The van der Waals surface area contributed by atoms with E-state index in [1.807, 2.05) is 30.3 Å². The molecule has 0 spiro atoms. The van der Waals surface area contributed by atoms with E-state index in [4.69, 9.17) is 11.6 Å². The zero-order chi connectivity index (χ0) is 12.0. The van der Waals surface area contributed by atoms with Gasteiger partial charge in [0.15, 0.2) is 5.70 Å². The van der Waals surface area contributed by atoms with E-state index < -0.39 is 5.97 Å². The lowest BCUT2D eigenvalue weighted by Gasteiger charge is -2.00. The average molecular weight is 238 g/mol. The Hall–Kier alpha value is -1.61. The predicted octanol–water partition coefficient (Wildman–Crippen LogP) is 2.75. The molecule has 0 heterocycles. The summed E-state index contributed by atoms with van der Waals surface area (Å²) in [5, 5.41) is 0.305. The summed E-state index contributed by atoms with van der Waals surface area (Å²) < 4.78 is 4.57. The molecule has 4 heteroatoms. The first kappa shape index (κ1) is 12.5. The number of ether oxygens (including phenoxy) is 1. The van der Waals surface area contributed by atoms with Crippen molar-refractivity contribution < 1.29 is 9.53 Å². The highest BCUT2D eigenvalue weighted by Gasteiger charge is 2.10. The van der Waals surface area contributed by atoms with Crippen molar-refractivity contribution in [1.82, 2.24) is 0 Å². The van der Waals surface area contributed by atoms with Crippen molar-refractivity contribution in [2.75, 3.05) is 7.11 Å². The molecule has 1 rings (SSSR count). The van der Waals surface area contributed by atoms with Gasteiger partial charge < -0.3 is 4.74 Å². The highest BCUT2D eigenvalue weighted by Crippen LogP contribution is 2.11. The largest absolute Gasteiger partial charge is 0.464 e. The number of esters is 1. The number of aliphatic imine (C=N–C) groups is 1. The zero-order valence-electron chi connectivity index (χ0n) is 9.11. The Balaban J connectivity index is 2.90. The van der Waals surface area contributed by atoms with Gasteiger partial charge in [0.25, 0.3) is 0 Å². The molecule has 0 aliphatic heterocycles. The lowest BCUT2D eigenvalue weighted by atomic mass is 10.2. The van der Waals surface area contributed by atoms with E-state index in [1.54, 1.807) is 13.1 Å². The molecule has 16 heavy (non-hydrogen) atoms. The molecule has 0 unspecified atom stereocenters. The van der Waals surface area contributed by atoms with E-state index in [-0.39, 0.29) is 5.70 Å². The van der Waals surface area contributed by atoms with Crippen molar-refractivity contribution in [1.29, 1.82) is 0 Å². The van der Waals surface area contributed by atoms with Gasteiger partial charge in [-0.25, -0.2) is 9.79 Å². The summed E-state index contributed by atoms with van der Waals surface area (Å²) in [7, 11) is 1.29. The molecule has 0 N–H and O–H groups in total. The number of rotatable bonds is 3. The van der Waals surface area contributed by atoms with Gasteiger partial charge in [0.2, 0.25) is 0 Å². The molecule has 0 fully saturated rings. The van der Waals surface area contributed by atoms with Crippen molar-refractivity contribution >= 4 is 23.8 Å². The number of nitrogens with zero attached hydrogens (tertiary/aromatic N) is 1. The maximum absolute atomic E-state index is 11.3. The summed E-state index contributed by atoms with van der Waals surface area (Å²) >= 11 is 5.75. The third kappa shape index (κ3) is 3.51. The van der Waals surface area contributed by atoms with Crippen LogP contribution in [0.4, 0.5) is 0 Å². The molecule has 84 valence electrons. The maximum Gasteiger partial charge on any atom is 0.357 e. The van der Waals surface area contributed by atoms with Gasteiger partial charge in [0, 0.05) is 11.2 Å². The summed E-state index contributed by atoms with van der Waals surface area (Å²) in [6, 6.07) is 9.43. The van der Waals surface area contributed by atoms with Gasteiger partial charge in [-0.2, -0.15) is 0 Å². The van der Waals surface area contributed by atoms with Gasteiger partial charge in [-0.15, -0.1) is 0 Å². The quantitative estimate of drug-likeness (QED) is 0.461. The van der Waals surface area contributed by atoms with Gasteiger partial charge in [0.05, 0.1) is 7.11 Å². The minimum absolute atomic E-state index is 0.119. The van der Waals surface area contributed by atoms with Crippen LogP contribution in [0.2, 0.25) is 0 Å². The fourth-order valence-corrected chi connectivity index (χ4v) is 1.18. The molecular weight excluding hydrogens is 226 g/mol. The zero-order valence-corrected chi connectivity index (χ0v) is 9.86. The van der Waals surface area contributed by atoms with Gasteiger partial charge in [-0.3, -0.25) is 0 Å². The molecule has 0 amide bonds. The third-order valence-electron chi connectivity index (χ3n) is 1.85. The molecule has 1 aromatic rings. The number of hydrogen-bond acceptors (Lipinski definition) is 3. The van der Waals surface area contributed by atoms with Crippen LogP contribution in [-0.2, 0) is 9.53 Å². The van der Waals surface area contributed by atoms with E-state index in [0.29, 0.717) is 5.03 Å². The molecule has 0 aromatic heterocycles. The Morgan fingerprint density at radius 2 is 2.00 bits per heavy atom. The first-order chi connectivity index (χ1) is 7.65. The Morgan fingerprint density at radius 3 is 2.50 bits per heavy atom. The van der Waals surface area contributed by atoms with Crippen molar-refractivity contribution in [3.05, 3.63) is 46.6 Å². The number of carbonyl (C=O) groups is 1. The minimum Gasteiger partial charge on any atom is -0.464 e. The third-order valence-corrected chi connectivity index (χ3v) is 2.03. The van der Waals surface area contributed by atoms with Crippen LogP contribution < -0.4 is 0 Å². The standard InChI is InChI=1S/C12H12ClNO2/c1-9(13)11(12(15)16-2)14-8-10-6-4-3-5-7-10/h3-8H,1-2H3/b11-9+,14-8?. The Morgan fingerprint density at radius 1 is 1.38 bits per heavy atom. The van der Waals surface area contributed by atoms with Crippen LogP contribution >= 0.6 is 11.6 Å². The Bertz CT molecular complexity index is 420. The van der Waals surface area contributed by atoms with Gasteiger partial charge in [-0.05, 0) is 12.5 Å². The predicted molar refractivity (Wildman–Crippen MR) is 64.6 cm³/mol. The monoisotopic (exact) mass is 237 g/mol. The fraction of sp³-hybridized carbons (Fsp3) is 0.167. The highest BCUT2D eigenvalue weighted by atomic mass is 35.5. The summed E-state index contributed by atoms with van der Waals surface area (Å²) in [6.07, 6.45) is 1.57. The molecular formula is C12H12ClNO2. The molecule has 1 aromatic carbocycles. The van der Waals surface area contributed by atoms with Crippen LogP contribution in [0.1, 0.15) is 12.5 Å². The molecule has 0 radical (unpaired) electrons. The maximum atomic E-state index is 11.3. The van der Waals surface area contributed by atoms with Gasteiger partial charge in [0.1, 0.15) is 0 Å². The molecule has 0 saturated carbocycles. The molecule has 0 atom stereocenters. The normalized spacial score (nSPS) is 12.4. The number of hydrogen-bond donors (Lipinski definition) is 0. The number of allylic oxidation sites excluding steroid dienone is 1. The topological polar surface area (TPSA) is 38.7 Å². The second-order valence-electron chi connectivity index (χ2n) is 3.04. The number of carbonyl (C=O) groups excluding carboxylic acids is 1. The minimum atomic E-state index is -0.542. The first-order valence-electron chi connectivity index (χ1n) is 4.69. The van der Waals surface area contributed by atoms with Crippen molar-refractivity contribution in [3.8, 4) is 0 Å². The van der Waals surface area contributed by atoms with Crippen molar-refractivity contribution in [2.24, 2.45) is 4.99 Å². The highest BCUT2D eigenvalue weighted by molar-refractivity contribution is 6.31. The summed E-state index contributed by atoms with van der Waals surface area (Å²) in [5.74, 6) is -0.542. The summed E-state index contributed by atoms with van der Waals surface area (Å²) in [4.78, 5) is 15.3. The lowest BCUT2D eigenvalue weighted by molar-refractivity contribution is -0.136. The van der Waals surface area contributed by atoms with E-state index in [1.165, 1.54) is 7.11 Å². The smallest absolute Gasteiger partial charge is 0.357 e. The number of halogens is 1. The summed E-state index contributed by atoms with van der Waals surface area (Å²) in [5.41, 5.74) is 1.01. The SMILES string of the molecule is COC(=O)/C(N=Cc1ccccc1)=C(/C)Cl. The summed E-state index contributed by atoms with van der Waals surface area (Å²) in [6.45, 7) is 1.59. The van der Waals surface area contributed by atoms with Crippen molar-refractivity contribution in [2.45, 2.75) is 6.92 Å². The van der Waals surface area contributed by atoms with E-state index in [9.17, 15) is 4.79 Å². The van der Waals surface area contributed by atoms with Crippen LogP contribution in [0.15, 0.2) is 46.1 Å². The first-order valence-corrected chi connectivity index (χ1v) is 5.06. The van der Waals surface area contributed by atoms with Crippen LogP contribution in [-0.4, -0.2) is 19.3 Å². The lowest BCUT2D eigenvalue weighted by Crippen LogP contribution is -2.04. The Labute approximate surface area is 99.4 Å². The second kappa shape index (κ2) is 6.08. The number of benzene rings is 1. The molecule has 0 aliphatic carbocycles. The van der Waals surface area contributed by atoms with Gasteiger partial charge >= 0.3 is 5.97 Å². The van der Waals surface area contributed by atoms with Crippen LogP contribution in [0.25, 0.3) is 0 Å². The second-order valence-corrected chi connectivity index (χ2v) is 3.61. The molecule has 0 bridgehead atoms.